The van der Waals surface area contributed by atoms with E-state index in [1.807, 2.05) is 30.3 Å². The molecule has 1 saturated carbocycles. The van der Waals surface area contributed by atoms with Gasteiger partial charge in [-0.05, 0) is 62.2 Å². The molecule has 1 unspecified atom stereocenters. The van der Waals surface area contributed by atoms with Crippen LogP contribution < -0.4 is 0 Å². The van der Waals surface area contributed by atoms with Crippen LogP contribution in [0.1, 0.15) is 52.0 Å². The first-order valence-corrected chi connectivity index (χ1v) is 12.8. The van der Waals surface area contributed by atoms with Gasteiger partial charge in [-0.2, -0.15) is 0 Å². The molecule has 210 valence electrons. The van der Waals surface area contributed by atoms with Crippen molar-refractivity contribution in [3.63, 3.8) is 0 Å². The fourth-order valence-corrected chi connectivity index (χ4v) is 4.48. The van der Waals surface area contributed by atoms with Gasteiger partial charge in [-0.25, -0.2) is 9.59 Å². The predicted molar refractivity (Wildman–Crippen MR) is 137 cm³/mol. The molecule has 0 saturated heterocycles. The lowest BCUT2D eigenvalue weighted by atomic mass is 9.76. The van der Waals surface area contributed by atoms with Crippen LogP contribution >= 0.6 is 0 Å². The Morgan fingerprint density at radius 2 is 1.63 bits per heavy atom. The largest absolute Gasteiger partial charge is 0.510 e. The van der Waals surface area contributed by atoms with E-state index in [0.717, 1.165) is 31.2 Å². The number of ether oxygens (including phenoxy) is 3. The average molecular weight is 535 g/mol. The normalized spacial score (nSPS) is 18.9. The Labute approximate surface area is 223 Å². The molecule has 11 nitrogen and oxygen atoms in total. The van der Waals surface area contributed by atoms with E-state index < -0.39 is 29.5 Å². The molecule has 38 heavy (non-hydrogen) atoms. The van der Waals surface area contributed by atoms with Crippen molar-refractivity contribution in [2.75, 3.05) is 20.3 Å². The van der Waals surface area contributed by atoms with Crippen molar-refractivity contribution in [2.45, 2.75) is 65.2 Å². The zero-order valence-electron chi connectivity index (χ0n) is 22.4. The number of carbonyl (C=O) groups is 3. The molecule has 1 aromatic carbocycles. The van der Waals surface area contributed by atoms with Gasteiger partial charge in [0.15, 0.2) is 0 Å². The van der Waals surface area contributed by atoms with E-state index in [1.165, 1.54) is 24.0 Å². The molecule has 1 aliphatic carbocycles. The molecule has 1 aliphatic rings. The summed E-state index contributed by atoms with van der Waals surface area (Å²) in [6, 6.07) is 8.67. The summed E-state index contributed by atoms with van der Waals surface area (Å²) in [7, 11) is 1.66. The van der Waals surface area contributed by atoms with Gasteiger partial charge in [0.25, 0.3) is 5.09 Å². The van der Waals surface area contributed by atoms with Crippen LogP contribution in [0, 0.1) is 27.9 Å². The third-order valence-electron chi connectivity index (χ3n) is 6.71. The van der Waals surface area contributed by atoms with E-state index in [2.05, 4.69) is 23.4 Å². The number of hydrogen-bond acceptors (Lipinski definition) is 9. The van der Waals surface area contributed by atoms with E-state index in [9.17, 15) is 24.5 Å². The molecular formula is C27H38N2O9. The zero-order valence-corrected chi connectivity index (χ0v) is 22.4. The van der Waals surface area contributed by atoms with Crippen LogP contribution in [0.15, 0.2) is 42.5 Å². The summed E-state index contributed by atoms with van der Waals surface area (Å²) in [5.41, 5.74) is 0.912. The average Bonchev–Trinajstić information content (AvgIpc) is 2.88. The molecule has 0 spiro atoms. The number of likely N-dealkylation sites (N-methyl/N-ethyl adjacent to an activating group) is 1. The molecule has 2 atom stereocenters. The Balaban J connectivity index is 1.90. The van der Waals surface area contributed by atoms with E-state index in [-0.39, 0.29) is 25.0 Å². The smallest absolute Gasteiger partial charge is 0.460 e. The van der Waals surface area contributed by atoms with Crippen LogP contribution in [-0.4, -0.2) is 60.6 Å². The molecular weight excluding hydrogens is 496 g/mol. The second kappa shape index (κ2) is 15.6. The van der Waals surface area contributed by atoms with Crippen molar-refractivity contribution in [3.05, 3.63) is 58.2 Å². The highest BCUT2D eigenvalue weighted by molar-refractivity contribution is 5.86. The van der Waals surface area contributed by atoms with Crippen LogP contribution in [0.3, 0.4) is 0 Å². The minimum atomic E-state index is -1.41. The maximum Gasteiger partial charge on any atom is 0.510 e. The van der Waals surface area contributed by atoms with E-state index >= 15 is 0 Å². The minimum Gasteiger partial charge on any atom is -0.460 e. The topological polar surface area (TPSA) is 135 Å². The monoisotopic (exact) mass is 534 g/mol. The van der Waals surface area contributed by atoms with Gasteiger partial charge in [0.1, 0.15) is 19.3 Å². The summed E-state index contributed by atoms with van der Waals surface area (Å²) in [5, 5.41) is 9.12. The van der Waals surface area contributed by atoms with Gasteiger partial charge in [0, 0.05) is 19.4 Å². The van der Waals surface area contributed by atoms with Crippen molar-refractivity contribution >= 4 is 18.0 Å². The number of nitrogens with zero attached hydrogens (tertiary/aromatic N) is 2. The lowest BCUT2D eigenvalue weighted by Gasteiger charge is -2.34. The maximum absolute atomic E-state index is 13.3. The molecule has 0 aliphatic heterocycles. The van der Waals surface area contributed by atoms with Gasteiger partial charge in [-0.15, -0.1) is 10.1 Å². The zero-order chi connectivity index (χ0) is 28.1. The third-order valence-corrected chi connectivity index (χ3v) is 6.71. The predicted octanol–water partition coefficient (Wildman–Crippen LogP) is 4.33. The lowest BCUT2D eigenvalue weighted by molar-refractivity contribution is -0.777. The lowest BCUT2D eigenvalue weighted by Crippen LogP contribution is -2.47. The second-order valence-electron chi connectivity index (χ2n) is 9.69. The Kier molecular flexibility index (Phi) is 12.5. The van der Waals surface area contributed by atoms with Gasteiger partial charge in [0.2, 0.25) is 12.2 Å². The summed E-state index contributed by atoms with van der Waals surface area (Å²) in [6.07, 6.45) is 4.35. The fourth-order valence-electron chi connectivity index (χ4n) is 4.48. The molecule has 0 radical (unpaired) electrons. The van der Waals surface area contributed by atoms with Crippen LogP contribution in [-0.2, 0) is 35.1 Å². The van der Waals surface area contributed by atoms with Crippen LogP contribution in [0.25, 0.3) is 0 Å². The third kappa shape index (κ3) is 10.4. The standard InChI is InChI=1S/C27H38N2O9/c1-19(2)22-12-14-23(15-13-22)25(30)28(4)24(18-21-10-6-5-7-11-21)26(31)35-16-8-9-17-36-27(32)37-20(3)38-29(33)34/h5-11,19-20,22-24H,12-18H2,1-4H3/b9-8-/t20?,22?,23?,24-/m1/s1. The summed E-state index contributed by atoms with van der Waals surface area (Å²) in [6.45, 7) is 5.30. The number of benzene rings is 1. The number of esters is 1. The van der Waals surface area contributed by atoms with Crippen molar-refractivity contribution in [2.24, 2.45) is 17.8 Å². The molecule has 1 amide bonds. The number of carbonyl (C=O) groups excluding carboxylic acids is 3. The summed E-state index contributed by atoms with van der Waals surface area (Å²) < 4.78 is 14.7. The van der Waals surface area contributed by atoms with E-state index in [0.29, 0.717) is 18.3 Å². The van der Waals surface area contributed by atoms with Gasteiger partial charge in [-0.3, -0.25) is 9.63 Å². The van der Waals surface area contributed by atoms with Crippen molar-refractivity contribution in [1.29, 1.82) is 0 Å². The highest BCUT2D eigenvalue weighted by Crippen LogP contribution is 2.34. The van der Waals surface area contributed by atoms with E-state index in [1.54, 1.807) is 7.05 Å². The van der Waals surface area contributed by atoms with Crippen LogP contribution in [0.4, 0.5) is 4.79 Å². The first-order valence-electron chi connectivity index (χ1n) is 12.8. The summed E-state index contributed by atoms with van der Waals surface area (Å²) >= 11 is 0. The molecule has 0 N–H and O–H groups in total. The maximum atomic E-state index is 13.3. The van der Waals surface area contributed by atoms with Gasteiger partial charge in [0.05, 0.1) is 0 Å². The molecule has 0 aromatic heterocycles. The SMILES string of the molecule is CC(OC(=O)OC/C=C\COC(=O)[C@@H](Cc1ccccc1)N(C)C(=O)C1CCC(C(C)C)CC1)O[N+](=O)[O-]. The molecule has 1 fully saturated rings. The first-order chi connectivity index (χ1) is 18.1. The van der Waals surface area contributed by atoms with Gasteiger partial charge >= 0.3 is 12.1 Å². The number of hydrogen-bond donors (Lipinski definition) is 0. The van der Waals surface area contributed by atoms with Crippen LogP contribution in [0.2, 0.25) is 0 Å². The quantitative estimate of drug-likeness (QED) is 0.119. The minimum absolute atomic E-state index is 0.0390. The summed E-state index contributed by atoms with van der Waals surface area (Å²) in [4.78, 5) is 53.6. The van der Waals surface area contributed by atoms with Crippen molar-refractivity contribution in [1.82, 2.24) is 4.90 Å². The molecule has 1 aromatic rings. The Bertz CT molecular complexity index is 943. The van der Waals surface area contributed by atoms with Crippen molar-refractivity contribution in [3.8, 4) is 0 Å². The molecule has 0 heterocycles. The van der Waals surface area contributed by atoms with E-state index in [4.69, 9.17) is 9.47 Å². The van der Waals surface area contributed by atoms with Gasteiger partial charge in [-0.1, -0.05) is 44.2 Å². The van der Waals surface area contributed by atoms with Crippen molar-refractivity contribution < 1.29 is 38.5 Å². The molecule has 11 heteroatoms. The molecule has 0 bridgehead atoms. The summed E-state index contributed by atoms with van der Waals surface area (Å²) in [5.74, 6) is 0.556. The number of rotatable bonds is 13. The van der Waals surface area contributed by atoms with Crippen LogP contribution in [0.5, 0.6) is 0 Å². The second-order valence-corrected chi connectivity index (χ2v) is 9.69. The Morgan fingerprint density at radius 1 is 1.03 bits per heavy atom. The van der Waals surface area contributed by atoms with Gasteiger partial charge < -0.3 is 19.1 Å². The number of amides is 1. The fraction of sp³-hybridized carbons (Fsp3) is 0.593. The molecule has 2 rings (SSSR count). The highest BCUT2D eigenvalue weighted by atomic mass is 17.0. The Morgan fingerprint density at radius 3 is 2.21 bits per heavy atom. The first kappa shape index (κ1) is 30.6. The Hall–Kier alpha value is -3.63. The highest BCUT2D eigenvalue weighted by Gasteiger charge is 2.34.